The van der Waals surface area contributed by atoms with Gasteiger partial charge in [0.1, 0.15) is 0 Å². The number of hydrazine groups is 1. The molecule has 2 saturated heterocycles. The Hall–Kier alpha value is -2.68. The first kappa shape index (κ1) is 26.9. The molecule has 1 aliphatic carbocycles. The van der Waals surface area contributed by atoms with Gasteiger partial charge in [-0.2, -0.15) is 4.31 Å². The number of amides is 1. The minimum absolute atomic E-state index is 0.0957. The molecule has 1 amide bonds. The highest BCUT2D eigenvalue weighted by Crippen LogP contribution is 2.34. The quantitative estimate of drug-likeness (QED) is 0.602. The number of sulfonamides is 1. The monoisotopic (exact) mass is 536 g/mol. The number of nitrogens with zero attached hydrogens (tertiary/aromatic N) is 2. The summed E-state index contributed by atoms with van der Waals surface area (Å²) in [5.41, 5.74) is 10.2. The van der Waals surface area contributed by atoms with Gasteiger partial charge in [0.25, 0.3) is 5.91 Å². The third kappa shape index (κ3) is 5.98. The molecule has 2 bridgehead atoms. The van der Waals surface area contributed by atoms with E-state index in [2.05, 4.69) is 23.0 Å². The van der Waals surface area contributed by atoms with Crippen molar-refractivity contribution in [3.63, 3.8) is 0 Å². The van der Waals surface area contributed by atoms with Crippen LogP contribution in [0.4, 0.5) is 0 Å². The van der Waals surface area contributed by atoms with E-state index in [1.54, 1.807) is 16.4 Å². The normalized spacial score (nSPS) is 25.3. The summed E-state index contributed by atoms with van der Waals surface area (Å²) in [7, 11) is -3.49. The summed E-state index contributed by atoms with van der Waals surface area (Å²) >= 11 is 0. The van der Waals surface area contributed by atoms with E-state index in [-0.39, 0.29) is 11.8 Å². The molecule has 1 atom stereocenters. The number of carbonyl (C=O) groups excluding carboxylic acids is 1. The number of fused-ring (bicyclic) bond motifs is 1. The number of piperidine rings is 1. The smallest absolute Gasteiger partial charge is 0.256 e. The zero-order valence-electron chi connectivity index (χ0n) is 22.4. The van der Waals surface area contributed by atoms with Gasteiger partial charge in [-0.05, 0) is 74.6 Å². The summed E-state index contributed by atoms with van der Waals surface area (Å²) < 4.78 is 28.1. The Labute approximate surface area is 227 Å². The molecule has 1 unspecified atom stereocenters. The molecule has 38 heavy (non-hydrogen) atoms. The largest absolute Gasteiger partial charge is 0.339 e. The molecule has 2 N–H and O–H groups in total. The standard InChI is InChI=1S/C30H40N4O3S/c1-23-10-12-27(13-11-23)38(36,37)34-20-15-24(16-21-34)25-14-17-31-32-28-9-5-4-8-26(22-25)29(28)30(35)33-18-6-2-3-7-19-33/h4-5,8-13,22,24-25,31-32H,2-3,6-7,14-21H2,1H3/b26-22+. The first-order chi connectivity index (χ1) is 18.4. The van der Waals surface area contributed by atoms with Crippen LogP contribution in [0.5, 0.6) is 0 Å². The molecule has 0 radical (unpaired) electrons. The second kappa shape index (κ2) is 12.0. The molecule has 1 aromatic carbocycles. The van der Waals surface area contributed by atoms with Crippen molar-refractivity contribution < 1.29 is 13.2 Å². The molecule has 0 spiro atoms. The number of hydrogen-bond acceptors (Lipinski definition) is 5. The fourth-order valence-electron chi connectivity index (χ4n) is 6.03. The maximum absolute atomic E-state index is 13.9. The Morgan fingerprint density at radius 1 is 0.895 bits per heavy atom. The second-order valence-corrected chi connectivity index (χ2v) is 12.8. The van der Waals surface area contributed by atoms with Crippen molar-refractivity contribution in [2.24, 2.45) is 11.8 Å². The Morgan fingerprint density at radius 3 is 2.29 bits per heavy atom. The summed E-state index contributed by atoms with van der Waals surface area (Å²) in [6.45, 7) is 5.38. The van der Waals surface area contributed by atoms with E-state index in [0.29, 0.717) is 23.9 Å². The predicted molar refractivity (Wildman–Crippen MR) is 150 cm³/mol. The van der Waals surface area contributed by atoms with Crippen LogP contribution >= 0.6 is 0 Å². The molecule has 3 heterocycles. The van der Waals surface area contributed by atoms with Crippen LogP contribution in [-0.4, -0.2) is 56.3 Å². The summed E-state index contributed by atoms with van der Waals surface area (Å²) in [5, 5.41) is 0. The predicted octanol–water partition coefficient (Wildman–Crippen LogP) is 4.22. The Kier molecular flexibility index (Phi) is 8.51. The second-order valence-electron chi connectivity index (χ2n) is 10.9. The van der Waals surface area contributed by atoms with Gasteiger partial charge in [-0.3, -0.25) is 4.79 Å². The Bertz CT molecular complexity index is 1230. The fourth-order valence-corrected chi connectivity index (χ4v) is 7.50. The van der Waals surface area contributed by atoms with E-state index in [9.17, 15) is 13.2 Å². The molecular weight excluding hydrogens is 496 g/mol. The van der Waals surface area contributed by atoms with Crippen LogP contribution in [-0.2, 0) is 14.8 Å². The number of allylic oxidation sites excluding steroid dienone is 5. The highest BCUT2D eigenvalue weighted by Gasteiger charge is 2.33. The van der Waals surface area contributed by atoms with Crippen molar-refractivity contribution in [3.05, 3.63) is 77.1 Å². The minimum Gasteiger partial charge on any atom is -0.339 e. The van der Waals surface area contributed by atoms with Gasteiger partial charge in [0.2, 0.25) is 10.0 Å². The third-order valence-corrected chi connectivity index (χ3v) is 10.2. The molecule has 7 nitrogen and oxygen atoms in total. The van der Waals surface area contributed by atoms with E-state index >= 15 is 0 Å². The summed E-state index contributed by atoms with van der Waals surface area (Å²) in [6, 6.07) is 7.12. The number of nitrogens with one attached hydrogen (secondary N) is 2. The zero-order chi connectivity index (χ0) is 26.5. The van der Waals surface area contributed by atoms with Crippen molar-refractivity contribution in [3.8, 4) is 0 Å². The van der Waals surface area contributed by atoms with Gasteiger partial charge in [0.05, 0.1) is 16.2 Å². The van der Waals surface area contributed by atoms with Crippen molar-refractivity contribution in [2.75, 3.05) is 32.7 Å². The van der Waals surface area contributed by atoms with Crippen LogP contribution < -0.4 is 10.9 Å². The molecule has 204 valence electrons. The molecule has 8 heteroatoms. The summed E-state index contributed by atoms with van der Waals surface area (Å²) in [4.78, 5) is 16.2. The van der Waals surface area contributed by atoms with Gasteiger partial charge in [-0.25, -0.2) is 13.8 Å². The van der Waals surface area contributed by atoms with Crippen molar-refractivity contribution in [1.29, 1.82) is 0 Å². The maximum Gasteiger partial charge on any atom is 0.256 e. The lowest BCUT2D eigenvalue weighted by atomic mass is 9.81. The molecule has 3 aliphatic heterocycles. The van der Waals surface area contributed by atoms with Gasteiger partial charge in [-0.15, -0.1) is 0 Å². The van der Waals surface area contributed by atoms with Crippen molar-refractivity contribution >= 4 is 15.9 Å². The van der Waals surface area contributed by atoms with E-state index < -0.39 is 10.0 Å². The van der Waals surface area contributed by atoms with Gasteiger partial charge in [-0.1, -0.05) is 54.8 Å². The average molecular weight is 537 g/mol. The van der Waals surface area contributed by atoms with Crippen molar-refractivity contribution in [1.82, 2.24) is 20.1 Å². The van der Waals surface area contributed by atoms with Crippen LogP contribution in [0.15, 0.2) is 76.4 Å². The van der Waals surface area contributed by atoms with Crippen LogP contribution in [0.3, 0.4) is 0 Å². The lowest BCUT2D eigenvalue weighted by Gasteiger charge is -2.35. The first-order valence-corrected chi connectivity index (χ1v) is 15.5. The first-order valence-electron chi connectivity index (χ1n) is 14.1. The van der Waals surface area contributed by atoms with Gasteiger partial charge < -0.3 is 10.3 Å². The van der Waals surface area contributed by atoms with Crippen LogP contribution in [0.25, 0.3) is 0 Å². The molecular formula is C30H40N4O3S. The lowest BCUT2D eigenvalue weighted by Crippen LogP contribution is -2.40. The SMILES string of the molecule is Cc1ccc(S(=O)(=O)N2CCC(C3/C=C4\C=CC=CC(=C4C(=O)N4CCCCCC4)NNCC3)CC2)cc1. The number of benzene rings is 1. The van der Waals surface area contributed by atoms with Crippen LogP contribution in [0.2, 0.25) is 0 Å². The van der Waals surface area contributed by atoms with E-state index in [1.807, 2.05) is 42.2 Å². The van der Waals surface area contributed by atoms with Crippen LogP contribution in [0, 0.1) is 18.8 Å². The molecule has 0 aromatic heterocycles. The van der Waals surface area contributed by atoms with E-state index in [0.717, 1.165) is 74.1 Å². The molecule has 1 aromatic rings. The van der Waals surface area contributed by atoms with E-state index in [1.165, 1.54) is 12.8 Å². The summed E-state index contributed by atoms with van der Waals surface area (Å²) in [5.74, 6) is 0.699. The Balaban J connectivity index is 1.36. The number of hydrogen-bond donors (Lipinski definition) is 2. The zero-order valence-corrected chi connectivity index (χ0v) is 23.2. The summed E-state index contributed by atoms with van der Waals surface area (Å²) in [6.07, 6.45) is 17.3. The van der Waals surface area contributed by atoms with Crippen LogP contribution in [0.1, 0.15) is 50.5 Å². The number of aryl methyl sites for hydroxylation is 1. The highest BCUT2D eigenvalue weighted by molar-refractivity contribution is 7.89. The fraction of sp³-hybridized carbons (Fsp3) is 0.500. The maximum atomic E-state index is 13.9. The topological polar surface area (TPSA) is 81.8 Å². The molecule has 5 rings (SSSR count). The number of rotatable bonds is 4. The highest BCUT2D eigenvalue weighted by atomic mass is 32.2. The number of carbonyl (C=O) groups is 1. The van der Waals surface area contributed by atoms with Gasteiger partial charge in [0.15, 0.2) is 0 Å². The third-order valence-electron chi connectivity index (χ3n) is 8.30. The molecule has 4 aliphatic rings. The molecule has 0 saturated carbocycles. The van der Waals surface area contributed by atoms with Crippen molar-refractivity contribution in [2.45, 2.75) is 56.8 Å². The van der Waals surface area contributed by atoms with E-state index in [4.69, 9.17) is 0 Å². The van der Waals surface area contributed by atoms with Gasteiger partial charge in [0, 0.05) is 32.7 Å². The van der Waals surface area contributed by atoms with Gasteiger partial charge >= 0.3 is 0 Å². The lowest BCUT2D eigenvalue weighted by molar-refractivity contribution is -0.126. The minimum atomic E-state index is -3.49. The average Bonchev–Trinajstić information content (AvgIpc) is 3.28. The Morgan fingerprint density at radius 2 is 1.58 bits per heavy atom. The number of likely N-dealkylation sites (tertiary alicyclic amines) is 1. The molecule has 2 fully saturated rings.